The fraction of sp³-hybridized carbons (Fsp3) is 0.556. The van der Waals surface area contributed by atoms with Gasteiger partial charge < -0.3 is 10.1 Å². The van der Waals surface area contributed by atoms with Gasteiger partial charge in [0.1, 0.15) is 5.75 Å². The summed E-state index contributed by atoms with van der Waals surface area (Å²) >= 11 is 0. The predicted octanol–water partition coefficient (Wildman–Crippen LogP) is 3.39. The Morgan fingerprint density at radius 2 is 2.20 bits per heavy atom. The Bertz CT molecular complexity index is 524. The molecule has 4 rings (SSSR count). The number of hydrogen-bond acceptors (Lipinski definition) is 2. The monoisotopic (exact) mass is 269 g/mol. The van der Waals surface area contributed by atoms with Gasteiger partial charge in [0.2, 0.25) is 0 Å². The molecule has 2 heteroatoms. The van der Waals surface area contributed by atoms with Crippen LogP contribution in [0.2, 0.25) is 0 Å². The molecule has 2 fully saturated rings. The minimum atomic E-state index is 0.718. The lowest BCUT2D eigenvalue weighted by Crippen LogP contribution is -2.38. The molecule has 0 heterocycles. The van der Waals surface area contributed by atoms with E-state index in [0.29, 0.717) is 0 Å². The highest BCUT2D eigenvalue weighted by molar-refractivity contribution is 5.28. The molecule has 1 aromatic rings. The van der Waals surface area contributed by atoms with Crippen molar-refractivity contribution in [3.05, 3.63) is 42.0 Å². The molecule has 0 aromatic heterocycles. The molecule has 0 amide bonds. The summed E-state index contributed by atoms with van der Waals surface area (Å²) in [5.41, 5.74) is 1.32. The van der Waals surface area contributed by atoms with Crippen LogP contribution in [-0.4, -0.2) is 13.2 Å². The minimum Gasteiger partial charge on any atom is -0.497 e. The second-order valence-electron chi connectivity index (χ2n) is 6.64. The Hall–Kier alpha value is -1.28. The van der Waals surface area contributed by atoms with Crippen molar-refractivity contribution >= 4 is 0 Å². The number of allylic oxidation sites excluding steroid dienone is 2. The summed E-state index contributed by atoms with van der Waals surface area (Å²) in [5.74, 6) is 4.67. The largest absolute Gasteiger partial charge is 0.497 e. The maximum Gasteiger partial charge on any atom is 0.119 e. The Balaban J connectivity index is 1.40. The van der Waals surface area contributed by atoms with Crippen LogP contribution in [0.3, 0.4) is 0 Å². The summed E-state index contributed by atoms with van der Waals surface area (Å²) in [5, 5.41) is 3.80. The molecule has 5 atom stereocenters. The van der Waals surface area contributed by atoms with Crippen molar-refractivity contribution in [2.24, 2.45) is 23.7 Å². The average Bonchev–Trinajstić information content (AvgIpc) is 3.17. The lowest BCUT2D eigenvalue weighted by molar-refractivity contribution is 0.230. The van der Waals surface area contributed by atoms with Gasteiger partial charge in [-0.15, -0.1) is 0 Å². The first kappa shape index (κ1) is 12.5. The standard InChI is InChI=1S/C18H23NO/c1-20-14-5-2-4-12(8-14)11-19-18-10-13-9-17(18)16-7-3-6-15(13)16/h2-5,7-8,13,15-19H,6,9-11H2,1H3. The highest BCUT2D eigenvalue weighted by Crippen LogP contribution is 2.56. The van der Waals surface area contributed by atoms with Crippen molar-refractivity contribution in [2.45, 2.75) is 31.8 Å². The van der Waals surface area contributed by atoms with E-state index in [2.05, 4.69) is 35.7 Å². The molecule has 5 unspecified atom stereocenters. The second kappa shape index (κ2) is 4.92. The molecule has 2 nitrogen and oxygen atoms in total. The number of methoxy groups -OCH3 is 1. The molecule has 0 spiro atoms. The summed E-state index contributed by atoms with van der Waals surface area (Å²) in [6.07, 6.45) is 9.09. The van der Waals surface area contributed by atoms with Crippen molar-refractivity contribution in [1.82, 2.24) is 5.32 Å². The molecule has 1 aromatic carbocycles. The van der Waals surface area contributed by atoms with E-state index in [1.807, 2.05) is 6.07 Å². The fourth-order valence-corrected chi connectivity index (χ4v) is 4.81. The second-order valence-corrected chi connectivity index (χ2v) is 6.64. The Morgan fingerprint density at radius 3 is 3.10 bits per heavy atom. The SMILES string of the molecule is COc1cccc(CNC2CC3CC2C2C=CCC32)c1. The highest BCUT2D eigenvalue weighted by atomic mass is 16.5. The van der Waals surface area contributed by atoms with Crippen molar-refractivity contribution in [1.29, 1.82) is 0 Å². The van der Waals surface area contributed by atoms with Gasteiger partial charge >= 0.3 is 0 Å². The van der Waals surface area contributed by atoms with Gasteiger partial charge in [-0.3, -0.25) is 0 Å². The average molecular weight is 269 g/mol. The zero-order valence-corrected chi connectivity index (χ0v) is 12.1. The molecule has 0 saturated heterocycles. The summed E-state index contributed by atoms with van der Waals surface area (Å²) in [6, 6.07) is 9.12. The topological polar surface area (TPSA) is 21.3 Å². The van der Waals surface area contributed by atoms with E-state index in [0.717, 1.165) is 42.0 Å². The molecule has 2 bridgehead atoms. The van der Waals surface area contributed by atoms with E-state index in [4.69, 9.17) is 4.74 Å². The van der Waals surface area contributed by atoms with E-state index >= 15 is 0 Å². The van der Waals surface area contributed by atoms with Crippen molar-refractivity contribution in [3.8, 4) is 5.75 Å². The first-order chi connectivity index (χ1) is 9.85. The number of fused-ring (bicyclic) bond motifs is 5. The summed E-state index contributed by atoms with van der Waals surface area (Å²) < 4.78 is 5.30. The number of hydrogen-bond donors (Lipinski definition) is 1. The maximum atomic E-state index is 5.30. The molecular weight excluding hydrogens is 246 g/mol. The van der Waals surface area contributed by atoms with Crippen LogP contribution in [0.4, 0.5) is 0 Å². The van der Waals surface area contributed by atoms with Crippen LogP contribution in [0.25, 0.3) is 0 Å². The van der Waals surface area contributed by atoms with Gasteiger partial charge in [-0.05, 0) is 60.6 Å². The molecular formula is C18H23NO. The number of benzene rings is 1. The van der Waals surface area contributed by atoms with Crippen LogP contribution in [0.1, 0.15) is 24.8 Å². The molecule has 3 aliphatic rings. The van der Waals surface area contributed by atoms with E-state index in [9.17, 15) is 0 Å². The van der Waals surface area contributed by atoms with Gasteiger partial charge in [0.15, 0.2) is 0 Å². The molecule has 2 saturated carbocycles. The van der Waals surface area contributed by atoms with Crippen LogP contribution in [0.15, 0.2) is 36.4 Å². The predicted molar refractivity (Wildman–Crippen MR) is 80.6 cm³/mol. The minimum absolute atomic E-state index is 0.718. The smallest absolute Gasteiger partial charge is 0.119 e. The Labute approximate surface area is 121 Å². The maximum absolute atomic E-state index is 5.30. The summed E-state index contributed by atoms with van der Waals surface area (Å²) in [7, 11) is 1.73. The van der Waals surface area contributed by atoms with Crippen molar-refractivity contribution in [3.63, 3.8) is 0 Å². The first-order valence-electron chi connectivity index (χ1n) is 7.88. The molecule has 1 N–H and O–H groups in total. The van der Waals surface area contributed by atoms with Gasteiger partial charge in [0.25, 0.3) is 0 Å². The van der Waals surface area contributed by atoms with Gasteiger partial charge in [-0.25, -0.2) is 0 Å². The Kier molecular flexibility index (Phi) is 3.07. The van der Waals surface area contributed by atoms with Crippen molar-refractivity contribution < 1.29 is 4.74 Å². The third-order valence-corrected chi connectivity index (χ3v) is 5.71. The highest BCUT2D eigenvalue weighted by Gasteiger charge is 2.51. The van der Waals surface area contributed by atoms with E-state index in [-0.39, 0.29) is 0 Å². The van der Waals surface area contributed by atoms with Gasteiger partial charge in [-0.2, -0.15) is 0 Å². The van der Waals surface area contributed by atoms with E-state index < -0.39 is 0 Å². The van der Waals surface area contributed by atoms with E-state index in [1.165, 1.54) is 24.8 Å². The van der Waals surface area contributed by atoms with Crippen LogP contribution in [-0.2, 0) is 6.54 Å². The molecule has 106 valence electrons. The first-order valence-corrected chi connectivity index (χ1v) is 7.88. The van der Waals surface area contributed by atoms with Crippen LogP contribution < -0.4 is 10.1 Å². The number of nitrogens with one attached hydrogen (secondary N) is 1. The quantitative estimate of drug-likeness (QED) is 0.846. The normalized spacial score (nSPS) is 37.4. The Morgan fingerprint density at radius 1 is 1.25 bits per heavy atom. The number of ether oxygens (including phenoxy) is 1. The fourth-order valence-electron chi connectivity index (χ4n) is 4.81. The molecule has 0 aliphatic heterocycles. The van der Waals surface area contributed by atoms with Gasteiger partial charge in [0.05, 0.1) is 7.11 Å². The zero-order chi connectivity index (χ0) is 13.5. The summed E-state index contributed by atoms with van der Waals surface area (Å²) in [4.78, 5) is 0. The van der Waals surface area contributed by atoms with Gasteiger partial charge in [0, 0.05) is 12.6 Å². The molecule has 20 heavy (non-hydrogen) atoms. The van der Waals surface area contributed by atoms with Crippen molar-refractivity contribution in [2.75, 3.05) is 7.11 Å². The third kappa shape index (κ3) is 1.98. The van der Waals surface area contributed by atoms with Crippen LogP contribution in [0.5, 0.6) is 5.75 Å². The zero-order valence-electron chi connectivity index (χ0n) is 12.1. The number of rotatable bonds is 4. The molecule has 0 radical (unpaired) electrons. The molecule has 3 aliphatic carbocycles. The third-order valence-electron chi connectivity index (χ3n) is 5.71. The van der Waals surface area contributed by atoms with Crippen LogP contribution in [0, 0.1) is 23.7 Å². The summed E-state index contributed by atoms with van der Waals surface area (Å²) in [6.45, 7) is 0.964. The lowest BCUT2D eigenvalue weighted by atomic mass is 9.79. The lowest BCUT2D eigenvalue weighted by Gasteiger charge is -2.32. The van der Waals surface area contributed by atoms with Crippen LogP contribution >= 0.6 is 0 Å². The van der Waals surface area contributed by atoms with E-state index in [1.54, 1.807) is 7.11 Å². The van der Waals surface area contributed by atoms with Gasteiger partial charge in [-0.1, -0.05) is 24.3 Å².